The first-order chi connectivity index (χ1) is 9.35. The number of amides is 1. The molecule has 0 saturated heterocycles. The van der Waals surface area contributed by atoms with Gasteiger partial charge in [-0.05, 0) is 12.1 Å². The molecule has 0 aliphatic heterocycles. The van der Waals surface area contributed by atoms with Gasteiger partial charge in [0.25, 0.3) is 16.0 Å². The topological polar surface area (TPSA) is 83.5 Å². The van der Waals surface area contributed by atoms with Crippen LogP contribution in [0.15, 0.2) is 17.0 Å². The van der Waals surface area contributed by atoms with Gasteiger partial charge in [0.05, 0.1) is 16.3 Å². The van der Waals surface area contributed by atoms with Gasteiger partial charge in [0.15, 0.2) is 4.84 Å². The number of halogens is 6. The van der Waals surface area contributed by atoms with Crippen LogP contribution in [-0.4, -0.2) is 23.7 Å². The largest absolute Gasteiger partial charge is 0.417 e. The molecule has 1 amide bonds. The van der Waals surface area contributed by atoms with E-state index in [4.69, 9.17) is 39.4 Å². The van der Waals surface area contributed by atoms with E-state index in [0.29, 0.717) is 12.1 Å². The Morgan fingerprint density at radius 1 is 1.29 bits per heavy atom. The number of carbonyl (C=O) groups excluding carboxylic acids is 1. The molecule has 0 saturated carbocycles. The standard InChI is InChI=1S/C9H5Cl3F3NO4S/c10-5-3(9(13,14)15)1-2-4(6(5)21(18,19)20)16-8(17)7(11)12/h1-2,7H,(H,16,17)(H,18,19,20). The molecule has 0 radical (unpaired) electrons. The van der Waals surface area contributed by atoms with Crippen molar-refractivity contribution in [1.82, 2.24) is 0 Å². The highest BCUT2D eigenvalue weighted by Crippen LogP contribution is 2.40. The van der Waals surface area contributed by atoms with Gasteiger partial charge in [0.2, 0.25) is 0 Å². The van der Waals surface area contributed by atoms with Crippen molar-refractivity contribution in [3.05, 3.63) is 22.7 Å². The number of hydrogen-bond acceptors (Lipinski definition) is 3. The van der Waals surface area contributed by atoms with Crippen LogP contribution in [0.3, 0.4) is 0 Å². The Morgan fingerprint density at radius 2 is 1.81 bits per heavy atom. The monoisotopic (exact) mass is 385 g/mol. The predicted octanol–water partition coefficient (Wildman–Crippen LogP) is 3.35. The van der Waals surface area contributed by atoms with E-state index < -0.39 is 48.2 Å². The van der Waals surface area contributed by atoms with Crippen LogP contribution in [-0.2, 0) is 21.1 Å². The molecule has 2 N–H and O–H groups in total. The van der Waals surface area contributed by atoms with Gasteiger partial charge >= 0.3 is 6.18 Å². The summed E-state index contributed by atoms with van der Waals surface area (Å²) in [6, 6.07) is 1.04. The number of anilines is 1. The van der Waals surface area contributed by atoms with Gasteiger partial charge < -0.3 is 5.32 Å². The lowest BCUT2D eigenvalue weighted by atomic mass is 10.2. The first-order valence-electron chi connectivity index (χ1n) is 4.82. The minimum atomic E-state index is -5.15. The van der Waals surface area contributed by atoms with Crippen LogP contribution < -0.4 is 5.32 Å². The lowest BCUT2D eigenvalue weighted by molar-refractivity contribution is -0.137. The molecule has 0 aromatic heterocycles. The maximum atomic E-state index is 12.6. The Hall–Kier alpha value is -0.740. The van der Waals surface area contributed by atoms with Gasteiger partial charge in [-0.15, -0.1) is 0 Å². The summed E-state index contributed by atoms with van der Waals surface area (Å²) < 4.78 is 69.3. The zero-order chi connectivity index (χ0) is 16.6. The molecule has 21 heavy (non-hydrogen) atoms. The van der Waals surface area contributed by atoms with Crippen LogP contribution in [0.5, 0.6) is 0 Å². The van der Waals surface area contributed by atoms with E-state index in [1.807, 2.05) is 5.32 Å². The molecule has 5 nitrogen and oxygen atoms in total. The van der Waals surface area contributed by atoms with Gasteiger partial charge in [-0.25, -0.2) is 0 Å². The summed E-state index contributed by atoms with van der Waals surface area (Å²) in [5.74, 6) is -1.11. The average molecular weight is 387 g/mol. The Bertz CT molecular complexity index is 676. The maximum absolute atomic E-state index is 12.6. The van der Waals surface area contributed by atoms with E-state index in [-0.39, 0.29) is 0 Å². The van der Waals surface area contributed by atoms with Crippen molar-refractivity contribution < 1.29 is 30.9 Å². The second-order valence-corrected chi connectivity index (χ2v) is 6.40. The molecule has 0 fully saturated rings. The van der Waals surface area contributed by atoms with Gasteiger partial charge in [0.1, 0.15) is 4.90 Å². The Kier molecular flexibility index (Phi) is 5.38. The molecule has 1 rings (SSSR count). The average Bonchev–Trinajstić information content (AvgIpc) is 2.24. The molecule has 1 aromatic carbocycles. The van der Waals surface area contributed by atoms with E-state index in [1.165, 1.54) is 0 Å². The van der Waals surface area contributed by atoms with E-state index in [1.54, 1.807) is 0 Å². The van der Waals surface area contributed by atoms with Crippen LogP contribution in [0.25, 0.3) is 0 Å². The van der Waals surface area contributed by atoms with E-state index in [9.17, 15) is 26.4 Å². The highest BCUT2D eigenvalue weighted by molar-refractivity contribution is 7.86. The lowest BCUT2D eigenvalue weighted by Gasteiger charge is -2.15. The SMILES string of the molecule is O=C(Nc1ccc(C(F)(F)F)c(Cl)c1S(=O)(=O)O)C(Cl)Cl. The molecule has 0 bridgehead atoms. The molecule has 0 atom stereocenters. The third kappa shape index (κ3) is 4.36. The number of nitrogens with one attached hydrogen (secondary N) is 1. The van der Waals surface area contributed by atoms with Gasteiger partial charge in [0, 0.05) is 0 Å². The summed E-state index contributed by atoms with van der Waals surface area (Å²) in [4.78, 5) is 8.35. The Balaban J connectivity index is 3.55. The highest BCUT2D eigenvalue weighted by atomic mass is 35.5. The Morgan fingerprint density at radius 3 is 2.19 bits per heavy atom. The molecule has 0 aliphatic rings. The van der Waals surface area contributed by atoms with Crippen LogP contribution in [0.2, 0.25) is 5.02 Å². The quantitative estimate of drug-likeness (QED) is 0.616. The molecule has 0 heterocycles. The van der Waals surface area contributed by atoms with Crippen molar-refractivity contribution in [2.75, 3.05) is 5.32 Å². The second kappa shape index (κ2) is 6.17. The fraction of sp³-hybridized carbons (Fsp3) is 0.222. The number of rotatable bonds is 3. The molecule has 0 spiro atoms. The van der Waals surface area contributed by atoms with E-state index in [2.05, 4.69) is 0 Å². The third-order valence-electron chi connectivity index (χ3n) is 2.12. The van der Waals surface area contributed by atoms with E-state index in [0.717, 1.165) is 0 Å². The predicted molar refractivity (Wildman–Crippen MR) is 70.4 cm³/mol. The van der Waals surface area contributed by atoms with Crippen LogP contribution in [0.4, 0.5) is 18.9 Å². The van der Waals surface area contributed by atoms with Crippen molar-refractivity contribution in [2.45, 2.75) is 15.9 Å². The maximum Gasteiger partial charge on any atom is 0.417 e. The molecule has 12 heteroatoms. The lowest BCUT2D eigenvalue weighted by Crippen LogP contribution is -2.21. The van der Waals surface area contributed by atoms with Gasteiger partial charge in [-0.1, -0.05) is 34.8 Å². The first kappa shape index (κ1) is 18.3. The fourth-order valence-corrected chi connectivity index (χ4v) is 2.72. The minimum Gasteiger partial charge on any atom is -0.322 e. The van der Waals surface area contributed by atoms with Gasteiger partial charge in [-0.2, -0.15) is 21.6 Å². The molecule has 0 unspecified atom stereocenters. The van der Waals surface area contributed by atoms with Crippen molar-refractivity contribution in [2.24, 2.45) is 0 Å². The fourth-order valence-electron chi connectivity index (χ4n) is 1.31. The second-order valence-electron chi connectivity index (χ2n) is 3.57. The van der Waals surface area contributed by atoms with Crippen molar-refractivity contribution in [3.8, 4) is 0 Å². The summed E-state index contributed by atoms with van der Waals surface area (Å²) in [7, 11) is -5.15. The number of benzene rings is 1. The molecular formula is C9H5Cl3F3NO4S. The summed E-state index contributed by atoms with van der Waals surface area (Å²) in [6.07, 6.45) is -4.96. The van der Waals surface area contributed by atoms with Crippen LogP contribution >= 0.6 is 34.8 Å². The van der Waals surface area contributed by atoms with Crippen LogP contribution in [0.1, 0.15) is 5.56 Å². The molecule has 0 aliphatic carbocycles. The summed E-state index contributed by atoms with van der Waals surface area (Å²) in [5, 5.41) is 0.554. The summed E-state index contributed by atoms with van der Waals surface area (Å²) in [5.41, 5.74) is -2.19. The van der Waals surface area contributed by atoms with E-state index >= 15 is 0 Å². The van der Waals surface area contributed by atoms with Crippen molar-refractivity contribution >= 4 is 56.5 Å². The third-order valence-corrected chi connectivity index (χ3v) is 3.96. The van der Waals surface area contributed by atoms with Crippen molar-refractivity contribution in [1.29, 1.82) is 0 Å². The summed E-state index contributed by atoms with van der Waals surface area (Å²) >= 11 is 15.8. The normalized spacial score (nSPS) is 12.6. The first-order valence-corrected chi connectivity index (χ1v) is 7.51. The number of carbonyl (C=O) groups is 1. The minimum absolute atomic E-state index is 0.435. The highest BCUT2D eigenvalue weighted by Gasteiger charge is 2.37. The zero-order valence-electron chi connectivity index (χ0n) is 9.58. The zero-order valence-corrected chi connectivity index (χ0v) is 12.7. The smallest absolute Gasteiger partial charge is 0.322 e. The molecule has 118 valence electrons. The number of hydrogen-bond donors (Lipinski definition) is 2. The van der Waals surface area contributed by atoms with Crippen LogP contribution in [0, 0.1) is 0 Å². The molecule has 1 aromatic rings. The summed E-state index contributed by atoms with van der Waals surface area (Å²) in [6.45, 7) is 0. The van der Waals surface area contributed by atoms with Crippen molar-refractivity contribution in [3.63, 3.8) is 0 Å². The van der Waals surface area contributed by atoms with Gasteiger partial charge in [-0.3, -0.25) is 9.35 Å². The molecular weight excluding hydrogens is 382 g/mol. The number of alkyl halides is 5. The Labute approximate surface area is 131 Å².